The maximum atomic E-state index is 4.12. The Labute approximate surface area is 92.8 Å². The molecule has 5 heteroatoms. The van der Waals surface area contributed by atoms with Crippen LogP contribution in [0.3, 0.4) is 0 Å². The van der Waals surface area contributed by atoms with Crippen LogP contribution in [-0.4, -0.2) is 15.2 Å². The Kier molecular flexibility index (Phi) is 3.13. The van der Waals surface area contributed by atoms with Crippen LogP contribution in [0.25, 0.3) is 0 Å². The van der Waals surface area contributed by atoms with E-state index in [2.05, 4.69) is 51.2 Å². The van der Waals surface area contributed by atoms with Gasteiger partial charge in [0, 0.05) is 6.04 Å². The summed E-state index contributed by atoms with van der Waals surface area (Å²) in [6.07, 6.45) is 1.53. The Morgan fingerprint density at radius 3 is 2.87 bits per heavy atom. The molecular formula is C10H14N4S. The lowest BCUT2D eigenvalue weighted by Crippen LogP contribution is -2.23. The van der Waals surface area contributed by atoms with Crippen LogP contribution >= 0.6 is 11.3 Å². The fourth-order valence-electron chi connectivity index (χ4n) is 1.50. The normalized spacial score (nSPS) is 15.1. The zero-order valence-corrected chi connectivity index (χ0v) is 9.58. The Morgan fingerprint density at radius 2 is 2.27 bits per heavy atom. The van der Waals surface area contributed by atoms with E-state index in [0.29, 0.717) is 6.04 Å². The van der Waals surface area contributed by atoms with Gasteiger partial charge in [0.25, 0.3) is 0 Å². The van der Waals surface area contributed by atoms with Gasteiger partial charge in [-0.3, -0.25) is 5.10 Å². The Bertz CT molecular complexity index is 343. The molecule has 80 valence electrons. The molecule has 4 nitrogen and oxygen atoms in total. The Morgan fingerprint density at radius 1 is 1.40 bits per heavy atom. The molecule has 2 unspecified atom stereocenters. The largest absolute Gasteiger partial charge is 0.301 e. The van der Waals surface area contributed by atoms with Gasteiger partial charge in [-0.05, 0) is 36.2 Å². The van der Waals surface area contributed by atoms with Crippen LogP contribution in [-0.2, 0) is 0 Å². The van der Waals surface area contributed by atoms with E-state index in [1.807, 2.05) is 0 Å². The zero-order valence-electron chi connectivity index (χ0n) is 8.77. The van der Waals surface area contributed by atoms with Crippen molar-refractivity contribution in [2.24, 2.45) is 0 Å². The van der Waals surface area contributed by atoms with Crippen molar-refractivity contribution < 1.29 is 0 Å². The van der Waals surface area contributed by atoms with Crippen molar-refractivity contribution in [1.29, 1.82) is 0 Å². The van der Waals surface area contributed by atoms with Gasteiger partial charge in [-0.2, -0.15) is 16.4 Å². The highest BCUT2D eigenvalue weighted by molar-refractivity contribution is 7.07. The van der Waals surface area contributed by atoms with Gasteiger partial charge in [-0.15, -0.1) is 0 Å². The number of nitrogens with zero attached hydrogens (tertiary/aromatic N) is 2. The highest BCUT2D eigenvalue weighted by Gasteiger charge is 2.12. The molecule has 0 aliphatic carbocycles. The third-order valence-electron chi connectivity index (χ3n) is 2.39. The minimum absolute atomic E-state index is 0.183. The molecule has 0 saturated heterocycles. The van der Waals surface area contributed by atoms with E-state index in [1.165, 1.54) is 11.9 Å². The summed E-state index contributed by atoms with van der Waals surface area (Å²) in [6.45, 7) is 4.22. The third kappa shape index (κ3) is 2.43. The Hall–Kier alpha value is -1.20. The lowest BCUT2D eigenvalue weighted by Gasteiger charge is -2.17. The molecule has 2 N–H and O–H groups in total. The highest BCUT2D eigenvalue weighted by Crippen LogP contribution is 2.18. The second kappa shape index (κ2) is 4.55. The molecule has 2 atom stereocenters. The molecule has 0 spiro atoms. The Balaban J connectivity index is 1.98. The van der Waals surface area contributed by atoms with E-state index >= 15 is 0 Å². The SMILES string of the molecule is CC(NC(C)c1ncn[nH]1)c1ccsc1. The summed E-state index contributed by atoms with van der Waals surface area (Å²) < 4.78 is 0. The van der Waals surface area contributed by atoms with E-state index in [0.717, 1.165) is 5.82 Å². The molecule has 0 saturated carbocycles. The van der Waals surface area contributed by atoms with Crippen LogP contribution in [0.1, 0.15) is 37.3 Å². The maximum Gasteiger partial charge on any atom is 0.141 e. The van der Waals surface area contributed by atoms with Gasteiger partial charge in [0.05, 0.1) is 6.04 Å². The first kappa shape index (κ1) is 10.3. The number of H-pyrrole nitrogens is 1. The van der Waals surface area contributed by atoms with Gasteiger partial charge in [0.1, 0.15) is 12.2 Å². The second-order valence-electron chi connectivity index (χ2n) is 3.54. The topological polar surface area (TPSA) is 53.6 Å². The summed E-state index contributed by atoms with van der Waals surface area (Å²) >= 11 is 1.72. The molecule has 0 aliphatic rings. The van der Waals surface area contributed by atoms with Crippen molar-refractivity contribution >= 4 is 11.3 Å². The monoisotopic (exact) mass is 222 g/mol. The summed E-state index contributed by atoms with van der Waals surface area (Å²) in [4.78, 5) is 4.12. The van der Waals surface area contributed by atoms with Crippen molar-refractivity contribution in [1.82, 2.24) is 20.5 Å². The van der Waals surface area contributed by atoms with Crippen LogP contribution in [0.4, 0.5) is 0 Å². The average Bonchev–Trinajstić information content (AvgIpc) is 2.91. The number of hydrogen-bond acceptors (Lipinski definition) is 4. The van der Waals surface area contributed by atoms with E-state index in [1.54, 1.807) is 11.3 Å². The number of nitrogens with one attached hydrogen (secondary N) is 2. The molecule has 2 heterocycles. The van der Waals surface area contributed by atoms with E-state index in [-0.39, 0.29) is 6.04 Å². The lowest BCUT2D eigenvalue weighted by atomic mass is 10.1. The molecular weight excluding hydrogens is 208 g/mol. The fraction of sp³-hybridized carbons (Fsp3) is 0.400. The van der Waals surface area contributed by atoms with Crippen LogP contribution in [0, 0.1) is 0 Å². The standard InChI is InChI=1S/C10H14N4S/c1-7(9-3-4-15-5-9)13-8(2)10-11-6-12-14-10/h3-8,13H,1-2H3,(H,11,12,14). The van der Waals surface area contributed by atoms with Gasteiger partial charge < -0.3 is 5.32 Å². The number of rotatable bonds is 4. The van der Waals surface area contributed by atoms with Crippen LogP contribution in [0.15, 0.2) is 23.2 Å². The zero-order chi connectivity index (χ0) is 10.7. The van der Waals surface area contributed by atoms with Crippen molar-refractivity contribution in [3.63, 3.8) is 0 Å². The van der Waals surface area contributed by atoms with E-state index < -0.39 is 0 Å². The summed E-state index contributed by atoms with van der Waals surface area (Å²) in [5.74, 6) is 0.872. The summed E-state index contributed by atoms with van der Waals surface area (Å²) in [6, 6.07) is 2.65. The second-order valence-corrected chi connectivity index (χ2v) is 4.32. The molecule has 2 aromatic heterocycles. The summed E-state index contributed by atoms with van der Waals surface area (Å²) in [7, 11) is 0. The maximum absolute atomic E-state index is 4.12. The van der Waals surface area contributed by atoms with Crippen molar-refractivity contribution in [2.45, 2.75) is 25.9 Å². The minimum Gasteiger partial charge on any atom is -0.301 e. The minimum atomic E-state index is 0.183. The van der Waals surface area contributed by atoms with Crippen LogP contribution in [0.5, 0.6) is 0 Å². The quantitative estimate of drug-likeness (QED) is 0.834. The molecule has 0 amide bonds. The van der Waals surface area contributed by atoms with Crippen molar-refractivity contribution in [2.75, 3.05) is 0 Å². The first-order valence-electron chi connectivity index (χ1n) is 4.91. The highest BCUT2D eigenvalue weighted by atomic mass is 32.1. The smallest absolute Gasteiger partial charge is 0.141 e. The number of aromatic amines is 1. The molecule has 2 aromatic rings. The van der Waals surface area contributed by atoms with Gasteiger partial charge in [0.15, 0.2) is 0 Å². The van der Waals surface area contributed by atoms with Crippen LogP contribution < -0.4 is 5.32 Å². The molecule has 2 rings (SSSR count). The van der Waals surface area contributed by atoms with Gasteiger partial charge in [-0.1, -0.05) is 0 Å². The molecule has 0 fully saturated rings. The lowest BCUT2D eigenvalue weighted by molar-refractivity contribution is 0.478. The molecule has 0 radical (unpaired) electrons. The molecule has 0 aliphatic heterocycles. The van der Waals surface area contributed by atoms with Gasteiger partial charge in [-0.25, -0.2) is 4.98 Å². The number of aromatic nitrogens is 3. The van der Waals surface area contributed by atoms with Gasteiger partial charge in [0.2, 0.25) is 0 Å². The molecule has 15 heavy (non-hydrogen) atoms. The van der Waals surface area contributed by atoms with E-state index in [9.17, 15) is 0 Å². The first-order chi connectivity index (χ1) is 7.27. The predicted octanol–water partition coefficient (Wildman–Crippen LogP) is 2.28. The first-order valence-corrected chi connectivity index (χ1v) is 5.85. The molecule has 0 aromatic carbocycles. The van der Waals surface area contributed by atoms with Crippen LogP contribution in [0.2, 0.25) is 0 Å². The van der Waals surface area contributed by atoms with Crippen molar-refractivity contribution in [3.8, 4) is 0 Å². The number of thiophene rings is 1. The average molecular weight is 222 g/mol. The third-order valence-corrected chi connectivity index (χ3v) is 3.09. The van der Waals surface area contributed by atoms with E-state index in [4.69, 9.17) is 0 Å². The van der Waals surface area contributed by atoms with Crippen molar-refractivity contribution in [3.05, 3.63) is 34.5 Å². The fourth-order valence-corrected chi connectivity index (χ4v) is 2.25. The number of hydrogen-bond donors (Lipinski definition) is 2. The van der Waals surface area contributed by atoms with Gasteiger partial charge >= 0.3 is 0 Å². The summed E-state index contributed by atoms with van der Waals surface area (Å²) in [5, 5.41) is 14.4. The predicted molar refractivity (Wildman–Crippen MR) is 60.7 cm³/mol. The molecule has 0 bridgehead atoms. The summed E-state index contributed by atoms with van der Waals surface area (Å²) in [5.41, 5.74) is 1.31.